The first kappa shape index (κ1) is 15.7. The van der Waals surface area contributed by atoms with E-state index in [2.05, 4.69) is 22.5 Å². The molecule has 5 nitrogen and oxygen atoms in total. The van der Waals surface area contributed by atoms with Gasteiger partial charge in [0.2, 0.25) is 5.75 Å². The number of methoxy groups -OCH3 is 3. The van der Waals surface area contributed by atoms with Gasteiger partial charge in [0.1, 0.15) is 6.10 Å². The lowest BCUT2D eigenvalue weighted by atomic mass is 9.94. The molecule has 0 spiro atoms. The maximum atomic E-state index is 11.7. The van der Waals surface area contributed by atoms with Crippen molar-refractivity contribution < 1.29 is 23.7 Å². The van der Waals surface area contributed by atoms with E-state index in [0.717, 1.165) is 5.56 Å². The average molecular weight is 357 g/mol. The number of halogens is 1. The molecule has 1 heterocycles. The van der Waals surface area contributed by atoms with E-state index in [1.54, 1.807) is 6.07 Å². The first-order valence-corrected chi connectivity index (χ1v) is 7.13. The van der Waals surface area contributed by atoms with Gasteiger partial charge in [0.25, 0.3) is 0 Å². The number of carbonyl (C=O) groups is 1. The third-order valence-electron chi connectivity index (χ3n) is 3.60. The summed E-state index contributed by atoms with van der Waals surface area (Å²) in [7, 11) is 4.61. The Balaban J connectivity index is 2.60. The minimum absolute atomic E-state index is 0.128. The van der Waals surface area contributed by atoms with Crippen LogP contribution in [0.5, 0.6) is 17.2 Å². The molecule has 21 heavy (non-hydrogen) atoms. The van der Waals surface area contributed by atoms with E-state index in [1.165, 1.54) is 21.3 Å². The molecule has 6 heteroatoms. The van der Waals surface area contributed by atoms with Gasteiger partial charge in [-0.15, -0.1) is 0 Å². The number of rotatable bonds is 4. The van der Waals surface area contributed by atoms with Crippen LogP contribution >= 0.6 is 15.9 Å². The van der Waals surface area contributed by atoms with Gasteiger partial charge in [-0.25, -0.2) is 4.79 Å². The van der Waals surface area contributed by atoms with Gasteiger partial charge in [-0.2, -0.15) is 0 Å². The van der Waals surface area contributed by atoms with Crippen LogP contribution in [0, 0.1) is 5.92 Å². The number of benzene rings is 1. The molecule has 1 fully saturated rings. The quantitative estimate of drug-likeness (QED) is 0.612. The topological polar surface area (TPSA) is 54.0 Å². The summed E-state index contributed by atoms with van der Waals surface area (Å²) < 4.78 is 22.1. The second-order valence-corrected chi connectivity index (χ2v) is 5.48. The van der Waals surface area contributed by atoms with Gasteiger partial charge in [0.15, 0.2) is 11.5 Å². The lowest BCUT2D eigenvalue weighted by Crippen LogP contribution is -2.08. The SMILES string of the molecule is C=C1C(=O)O[C@H](c2cc(OC)c(OC)c(OC)c2Br)[C@@H]1C. The van der Waals surface area contributed by atoms with Crippen molar-refractivity contribution in [2.45, 2.75) is 13.0 Å². The molecular formula is C15H17BrO5. The standard InChI is InChI=1S/C15H17BrO5/c1-7-8(2)15(17)21-12(7)9-6-10(18-3)13(19-4)14(20-5)11(9)16/h6-7,12H,2H2,1,3-5H3/t7-,12+/m1/s1. The van der Waals surface area contributed by atoms with Crippen LogP contribution in [0.3, 0.4) is 0 Å². The molecule has 0 N–H and O–H groups in total. The summed E-state index contributed by atoms with van der Waals surface area (Å²) in [5, 5.41) is 0. The zero-order valence-corrected chi connectivity index (χ0v) is 13.9. The van der Waals surface area contributed by atoms with Crippen molar-refractivity contribution in [1.82, 2.24) is 0 Å². The molecule has 1 saturated heterocycles. The summed E-state index contributed by atoms with van der Waals surface area (Å²) in [5.41, 5.74) is 1.21. The molecule has 1 aromatic rings. The normalized spacial score (nSPS) is 21.2. The molecule has 0 saturated carbocycles. The minimum atomic E-state index is -0.437. The minimum Gasteiger partial charge on any atom is -0.493 e. The van der Waals surface area contributed by atoms with Crippen LogP contribution in [0.4, 0.5) is 0 Å². The van der Waals surface area contributed by atoms with Crippen molar-refractivity contribution in [1.29, 1.82) is 0 Å². The van der Waals surface area contributed by atoms with Crippen molar-refractivity contribution in [2.75, 3.05) is 21.3 Å². The van der Waals surface area contributed by atoms with Gasteiger partial charge in [-0.05, 0) is 22.0 Å². The number of carbonyl (C=O) groups excluding carboxylic acids is 1. The Bertz CT molecular complexity index is 596. The van der Waals surface area contributed by atoms with Gasteiger partial charge >= 0.3 is 5.97 Å². The highest BCUT2D eigenvalue weighted by Crippen LogP contribution is 2.50. The van der Waals surface area contributed by atoms with Crippen LogP contribution in [0.2, 0.25) is 0 Å². The lowest BCUT2D eigenvalue weighted by molar-refractivity contribution is -0.139. The lowest BCUT2D eigenvalue weighted by Gasteiger charge is -2.21. The zero-order chi connectivity index (χ0) is 15.7. The highest BCUT2D eigenvalue weighted by Gasteiger charge is 2.39. The maximum absolute atomic E-state index is 11.7. The van der Waals surface area contributed by atoms with E-state index in [9.17, 15) is 4.79 Å². The number of cyclic esters (lactones) is 1. The average Bonchev–Trinajstić information content (AvgIpc) is 2.74. The summed E-state index contributed by atoms with van der Waals surface area (Å²) in [6, 6.07) is 1.78. The van der Waals surface area contributed by atoms with E-state index in [0.29, 0.717) is 27.3 Å². The van der Waals surface area contributed by atoms with Crippen molar-refractivity contribution in [3.05, 3.63) is 28.3 Å². The Kier molecular flexibility index (Phi) is 4.46. The van der Waals surface area contributed by atoms with Crippen LogP contribution in [0.25, 0.3) is 0 Å². The van der Waals surface area contributed by atoms with Crippen LogP contribution in [-0.2, 0) is 9.53 Å². The summed E-state index contributed by atoms with van der Waals surface area (Å²) in [5.74, 6) is 0.970. The highest BCUT2D eigenvalue weighted by atomic mass is 79.9. The predicted molar refractivity (Wildman–Crippen MR) is 80.9 cm³/mol. The fraction of sp³-hybridized carbons (Fsp3) is 0.400. The molecule has 0 unspecified atom stereocenters. The molecule has 0 aliphatic carbocycles. The van der Waals surface area contributed by atoms with E-state index < -0.39 is 6.10 Å². The van der Waals surface area contributed by atoms with Crippen molar-refractivity contribution in [3.8, 4) is 17.2 Å². The first-order valence-electron chi connectivity index (χ1n) is 6.34. The fourth-order valence-electron chi connectivity index (χ4n) is 2.34. The Morgan fingerprint density at radius 1 is 1.19 bits per heavy atom. The molecule has 0 radical (unpaired) electrons. The van der Waals surface area contributed by atoms with Gasteiger partial charge in [-0.1, -0.05) is 13.5 Å². The summed E-state index contributed by atoms with van der Waals surface area (Å²) in [6.07, 6.45) is -0.437. The number of esters is 1. The van der Waals surface area contributed by atoms with Crippen LogP contribution in [-0.4, -0.2) is 27.3 Å². The molecule has 0 bridgehead atoms. The molecule has 1 aliphatic rings. The molecule has 1 aliphatic heterocycles. The molecule has 0 aromatic heterocycles. The van der Waals surface area contributed by atoms with Gasteiger partial charge in [0.05, 0.1) is 25.8 Å². The maximum Gasteiger partial charge on any atom is 0.334 e. The Morgan fingerprint density at radius 2 is 1.81 bits per heavy atom. The summed E-state index contributed by atoms with van der Waals surface area (Å²) in [6.45, 7) is 5.66. The van der Waals surface area contributed by atoms with Crippen molar-refractivity contribution in [3.63, 3.8) is 0 Å². The largest absolute Gasteiger partial charge is 0.493 e. The van der Waals surface area contributed by atoms with Gasteiger partial charge in [-0.3, -0.25) is 0 Å². The highest BCUT2D eigenvalue weighted by molar-refractivity contribution is 9.10. The molecule has 114 valence electrons. The summed E-state index contributed by atoms with van der Waals surface area (Å²) in [4.78, 5) is 11.7. The van der Waals surface area contributed by atoms with Crippen LogP contribution in [0.15, 0.2) is 22.7 Å². The Morgan fingerprint density at radius 3 is 2.24 bits per heavy atom. The predicted octanol–water partition coefficient (Wildman–Crippen LogP) is 3.27. The molecular weight excluding hydrogens is 340 g/mol. The van der Waals surface area contributed by atoms with Crippen molar-refractivity contribution >= 4 is 21.9 Å². The third kappa shape index (κ3) is 2.48. The molecule has 0 amide bonds. The monoisotopic (exact) mass is 356 g/mol. The number of hydrogen-bond donors (Lipinski definition) is 0. The zero-order valence-electron chi connectivity index (χ0n) is 12.4. The van der Waals surface area contributed by atoms with E-state index in [-0.39, 0.29) is 11.9 Å². The van der Waals surface area contributed by atoms with E-state index in [4.69, 9.17) is 18.9 Å². The Hall–Kier alpha value is -1.69. The number of hydrogen-bond acceptors (Lipinski definition) is 5. The fourth-order valence-corrected chi connectivity index (χ4v) is 3.02. The first-order chi connectivity index (χ1) is 9.96. The number of ether oxygens (including phenoxy) is 4. The molecule has 2 atom stereocenters. The molecule has 2 rings (SSSR count). The Labute approximate surface area is 132 Å². The summed E-state index contributed by atoms with van der Waals surface area (Å²) >= 11 is 3.49. The van der Waals surface area contributed by atoms with E-state index >= 15 is 0 Å². The van der Waals surface area contributed by atoms with Crippen LogP contribution in [0.1, 0.15) is 18.6 Å². The van der Waals surface area contributed by atoms with Crippen LogP contribution < -0.4 is 14.2 Å². The third-order valence-corrected chi connectivity index (χ3v) is 4.42. The van der Waals surface area contributed by atoms with Gasteiger partial charge < -0.3 is 18.9 Å². The smallest absolute Gasteiger partial charge is 0.334 e. The molecule has 1 aromatic carbocycles. The second kappa shape index (κ2) is 5.97. The van der Waals surface area contributed by atoms with E-state index in [1.807, 2.05) is 6.92 Å². The second-order valence-electron chi connectivity index (χ2n) is 4.69. The van der Waals surface area contributed by atoms with Crippen molar-refractivity contribution in [2.24, 2.45) is 5.92 Å². The van der Waals surface area contributed by atoms with Gasteiger partial charge in [0, 0.05) is 17.1 Å².